The molecule has 0 unspecified atom stereocenters. The van der Waals surface area contributed by atoms with Gasteiger partial charge in [-0.25, -0.2) is 9.97 Å². The molecule has 34 heavy (non-hydrogen) atoms. The van der Waals surface area contributed by atoms with Gasteiger partial charge >= 0.3 is 0 Å². The maximum atomic E-state index is 4.67. The van der Waals surface area contributed by atoms with E-state index >= 15 is 0 Å². The summed E-state index contributed by atoms with van der Waals surface area (Å²) in [5.74, 6) is 2.55. The third-order valence-corrected chi connectivity index (χ3v) is 7.78. The zero-order valence-electron chi connectivity index (χ0n) is 21.8. The van der Waals surface area contributed by atoms with E-state index in [-0.39, 0.29) is 0 Å². The molecule has 1 aliphatic carbocycles. The molecule has 2 heteroatoms. The number of hydrogen-bond acceptors (Lipinski definition) is 2. The zero-order chi connectivity index (χ0) is 23.8. The van der Waals surface area contributed by atoms with E-state index in [9.17, 15) is 0 Å². The van der Waals surface area contributed by atoms with Crippen molar-refractivity contribution in [2.45, 2.75) is 122 Å². The Morgan fingerprint density at radius 1 is 0.794 bits per heavy atom. The second kappa shape index (κ2) is 15.8. The van der Waals surface area contributed by atoms with Crippen molar-refractivity contribution >= 4 is 0 Å². The van der Waals surface area contributed by atoms with E-state index in [2.05, 4.69) is 53.8 Å². The van der Waals surface area contributed by atoms with Crippen molar-refractivity contribution < 1.29 is 0 Å². The molecular formula is C32H48N2. The van der Waals surface area contributed by atoms with Crippen LogP contribution < -0.4 is 0 Å². The molecule has 186 valence electrons. The minimum absolute atomic E-state index is 0.735. The minimum Gasteiger partial charge on any atom is -0.236 e. The van der Waals surface area contributed by atoms with Gasteiger partial charge in [-0.2, -0.15) is 0 Å². The molecule has 0 atom stereocenters. The Balaban J connectivity index is 1.37. The summed E-state index contributed by atoms with van der Waals surface area (Å²) in [5, 5.41) is 0. The van der Waals surface area contributed by atoms with E-state index in [4.69, 9.17) is 0 Å². The molecule has 1 aromatic carbocycles. The van der Waals surface area contributed by atoms with E-state index < -0.39 is 0 Å². The molecule has 0 bridgehead atoms. The Morgan fingerprint density at radius 2 is 1.44 bits per heavy atom. The molecule has 0 aliphatic heterocycles. The number of aryl methyl sites for hydroxylation is 1. The first-order chi connectivity index (χ1) is 16.8. The fourth-order valence-corrected chi connectivity index (χ4v) is 5.51. The van der Waals surface area contributed by atoms with Crippen LogP contribution in [0.4, 0.5) is 0 Å². The predicted octanol–water partition coefficient (Wildman–Crippen LogP) is 9.85. The summed E-state index contributed by atoms with van der Waals surface area (Å²) < 4.78 is 0. The van der Waals surface area contributed by atoms with Crippen LogP contribution in [0.25, 0.3) is 11.4 Å². The van der Waals surface area contributed by atoms with Gasteiger partial charge in [-0.1, -0.05) is 95.1 Å². The second-order valence-electron chi connectivity index (χ2n) is 10.6. The average molecular weight is 461 g/mol. The van der Waals surface area contributed by atoms with Crippen LogP contribution >= 0.6 is 0 Å². The molecule has 2 aromatic rings. The summed E-state index contributed by atoms with van der Waals surface area (Å²) in [6.07, 6.45) is 28.8. The summed E-state index contributed by atoms with van der Waals surface area (Å²) in [5.41, 5.74) is 3.91. The Kier molecular flexibility index (Phi) is 12.4. The molecule has 1 fully saturated rings. The number of rotatable bonds is 16. The lowest BCUT2D eigenvalue weighted by molar-refractivity contribution is 0.302. The van der Waals surface area contributed by atoms with Gasteiger partial charge in [0.25, 0.3) is 0 Å². The molecule has 2 nitrogen and oxygen atoms in total. The van der Waals surface area contributed by atoms with Gasteiger partial charge in [0.15, 0.2) is 5.82 Å². The molecule has 1 aromatic heterocycles. The number of unbranched alkanes of at least 4 members (excludes halogenated alkanes) is 9. The maximum absolute atomic E-state index is 4.67. The van der Waals surface area contributed by atoms with Gasteiger partial charge in [-0.3, -0.25) is 0 Å². The lowest BCUT2D eigenvalue weighted by Crippen LogP contribution is -2.13. The van der Waals surface area contributed by atoms with E-state index in [1.54, 1.807) is 0 Å². The highest BCUT2D eigenvalue weighted by Crippen LogP contribution is 2.38. The SMILES string of the molecule is C=CCCCCCCC1CCC(c2ccc(-c3ncc(CCCCCCCC)cn3)cc2)CC1. The van der Waals surface area contributed by atoms with Gasteiger partial charge in [0.2, 0.25) is 0 Å². The van der Waals surface area contributed by atoms with Crippen LogP contribution in [-0.4, -0.2) is 9.97 Å². The van der Waals surface area contributed by atoms with E-state index in [1.807, 2.05) is 12.4 Å². The minimum atomic E-state index is 0.735. The number of aromatic nitrogens is 2. The van der Waals surface area contributed by atoms with Crippen molar-refractivity contribution in [3.8, 4) is 11.4 Å². The molecule has 0 amide bonds. The number of benzene rings is 1. The van der Waals surface area contributed by atoms with Gasteiger partial charge in [0, 0.05) is 18.0 Å². The Hall–Kier alpha value is -1.96. The van der Waals surface area contributed by atoms with E-state index in [0.717, 1.165) is 29.6 Å². The van der Waals surface area contributed by atoms with Gasteiger partial charge in [0.1, 0.15) is 0 Å². The number of allylic oxidation sites excluding steroid dienone is 1. The first-order valence-electron chi connectivity index (χ1n) is 14.3. The lowest BCUT2D eigenvalue weighted by atomic mass is 9.77. The summed E-state index contributed by atoms with van der Waals surface area (Å²) >= 11 is 0. The Labute approximate surface area is 209 Å². The van der Waals surface area contributed by atoms with Crippen LogP contribution in [0.5, 0.6) is 0 Å². The van der Waals surface area contributed by atoms with Crippen molar-refractivity contribution in [2.75, 3.05) is 0 Å². The monoisotopic (exact) mass is 460 g/mol. The van der Waals surface area contributed by atoms with E-state index in [0.29, 0.717) is 0 Å². The summed E-state index contributed by atoms with van der Waals surface area (Å²) in [6, 6.07) is 9.11. The van der Waals surface area contributed by atoms with E-state index in [1.165, 1.54) is 114 Å². The van der Waals surface area contributed by atoms with Crippen molar-refractivity contribution in [3.05, 3.63) is 60.4 Å². The van der Waals surface area contributed by atoms with Crippen molar-refractivity contribution in [2.24, 2.45) is 5.92 Å². The topological polar surface area (TPSA) is 25.8 Å². The highest BCUT2D eigenvalue weighted by molar-refractivity contribution is 5.55. The standard InChI is InChI=1S/C32H48N2/c1-3-5-7-9-11-13-15-27-17-19-29(20-18-27)30-21-23-31(24-22-30)32-33-25-28(26-34-32)16-14-12-10-8-6-4-2/h3,21-27,29H,1,4-20H2,2H3. The highest BCUT2D eigenvalue weighted by Gasteiger charge is 2.22. The molecule has 1 saturated carbocycles. The number of nitrogens with zero attached hydrogens (tertiary/aromatic N) is 2. The van der Waals surface area contributed by atoms with Crippen LogP contribution in [0.3, 0.4) is 0 Å². The van der Waals surface area contributed by atoms with Crippen molar-refractivity contribution in [1.29, 1.82) is 0 Å². The molecule has 0 radical (unpaired) electrons. The van der Waals surface area contributed by atoms with Gasteiger partial charge in [0.05, 0.1) is 0 Å². The van der Waals surface area contributed by atoms with Crippen LogP contribution in [-0.2, 0) is 6.42 Å². The first-order valence-corrected chi connectivity index (χ1v) is 14.3. The van der Waals surface area contributed by atoms with Gasteiger partial charge < -0.3 is 0 Å². The summed E-state index contributed by atoms with van der Waals surface area (Å²) in [6.45, 7) is 6.09. The molecule has 1 heterocycles. The average Bonchev–Trinajstić information content (AvgIpc) is 2.89. The van der Waals surface area contributed by atoms with Gasteiger partial charge in [-0.15, -0.1) is 6.58 Å². The van der Waals surface area contributed by atoms with Crippen LogP contribution in [0.1, 0.15) is 127 Å². The largest absolute Gasteiger partial charge is 0.236 e. The Morgan fingerprint density at radius 3 is 2.15 bits per heavy atom. The fourth-order valence-electron chi connectivity index (χ4n) is 5.51. The maximum Gasteiger partial charge on any atom is 0.159 e. The molecule has 0 saturated heterocycles. The zero-order valence-corrected chi connectivity index (χ0v) is 21.8. The summed E-state index contributed by atoms with van der Waals surface area (Å²) in [4.78, 5) is 9.33. The van der Waals surface area contributed by atoms with Gasteiger partial charge in [-0.05, 0) is 74.3 Å². The lowest BCUT2D eigenvalue weighted by Gasteiger charge is -2.29. The van der Waals surface area contributed by atoms with Crippen molar-refractivity contribution in [3.63, 3.8) is 0 Å². The summed E-state index contributed by atoms with van der Waals surface area (Å²) in [7, 11) is 0. The highest BCUT2D eigenvalue weighted by atomic mass is 14.9. The quantitative estimate of drug-likeness (QED) is 0.184. The normalized spacial score (nSPS) is 18.1. The first kappa shape index (κ1) is 26.6. The van der Waals surface area contributed by atoms with Crippen LogP contribution in [0.2, 0.25) is 0 Å². The van der Waals surface area contributed by atoms with Crippen LogP contribution in [0, 0.1) is 5.92 Å². The molecule has 3 rings (SSSR count). The molecule has 1 aliphatic rings. The molecule has 0 N–H and O–H groups in total. The van der Waals surface area contributed by atoms with Crippen LogP contribution in [0.15, 0.2) is 49.3 Å². The molecule has 0 spiro atoms. The Bertz CT molecular complexity index is 785. The third kappa shape index (κ3) is 9.35. The molecular weight excluding hydrogens is 412 g/mol. The number of hydrogen-bond donors (Lipinski definition) is 0. The smallest absolute Gasteiger partial charge is 0.159 e. The van der Waals surface area contributed by atoms with Crippen molar-refractivity contribution in [1.82, 2.24) is 9.97 Å². The fraction of sp³-hybridized carbons (Fsp3) is 0.625. The third-order valence-electron chi connectivity index (χ3n) is 7.78. The second-order valence-corrected chi connectivity index (χ2v) is 10.6. The predicted molar refractivity (Wildman–Crippen MR) is 147 cm³/mol.